The highest BCUT2D eigenvalue weighted by atomic mass is 28.3. The van der Waals surface area contributed by atoms with Gasteiger partial charge in [-0.25, -0.2) is 0 Å². The summed E-state index contributed by atoms with van der Waals surface area (Å²) in [5.41, 5.74) is 0. The Morgan fingerprint density at radius 3 is 1.86 bits per heavy atom. The molecule has 0 fully saturated rings. The number of rotatable bonds is 4. The largest absolute Gasteiger partial charge is 0.492 e. The minimum absolute atomic E-state index is 0.260. The van der Waals surface area contributed by atoms with Crippen LogP contribution in [0.5, 0.6) is 0 Å². The molecule has 0 aliphatic carbocycles. The van der Waals surface area contributed by atoms with E-state index in [1.165, 1.54) is 0 Å². The molecule has 5 heteroatoms. The SMILES string of the molecule is O=CO[SiH2]OC=O. The third-order valence-corrected chi connectivity index (χ3v) is 0.816. The molecule has 0 rings (SSSR count). The third-order valence-electron chi connectivity index (χ3n) is 0.272. The minimum atomic E-state index is -1.32. The molecule has 0 aromatic rings. The van der Waals surface area contributed by atoms with Crippen LogP contribution in [-0.2, 0) is 18.4 Å². The smallest absolute Gasteiger partial charge is 0.431 e. The summed E-state index contributed by atoms with van der Waals surface area (Å²) in [4.78, 5) is 18.6. The molecule has 0 atom stereocenters. The van der Waals surface area contributed by atoms with Gasteiger partial charge in [-0.15, -0.1) is 0 Å². The molecular weight excluding hydrogens is 116 g/mol. The predicted molar refractivity (Wildman–Crippen MR) is 22.8 cm³/mol. The van der Waals surface area contributed by atoms with Crippen LogP contribution in [-0.4, -0.2) is 23.0 Å². The molecule has 0 unspecified atom stereocenters. The molecule has 0 aromatic carbocycles. The average Bonchev–Trinajstić information content (AvgIpc) is 1.69. The predicted octanol–water partition coefficient (Wildman–Crippen LogP) is -1.67. The van der Waals surface area contributed by atoms with Gasteiger partial charge in [0, 0.05) is 0 Å². The molecule has 7 heavy (non-hydrogen) atoms. The Balaban J connectivity index is 2.68. The Morgan fingerprint density at radius 1 is 1.14 bits per heavy atom. The van der Waals surface area contributed by atoms with Gasteiger partial charge in [0.15, 0.2) is 0 Å². The molecule has 0 amide bonds. The average molecular weight is 120 g/mol. The summed E-state index contributed by atoms with van der Waals surface area (Å²) in [5.74, 6) is 0. The Labute approximate surface area is 42.5 Å². The quantitative estimate of drug-likeness (QED) is 0.253. The van der Waals surface area contributed by atoms with Crippen molar-refractivity contribution in [2.75, 3.05) is 0 Å². The first-order chi connectivity index (χ1) is 3.41. The van der Waals surface area contributed by atoms with Crippen molar-refractivity contribution in [2.45, 2.75) is 0 Å². The minimum Gasteiger partial charge on any atom is -0.492 e. The molecule has 0 saturated heterocycles. The van der Waals surface area contributed by atoms with Crippen LogP contribution in [0.4, 0.5) is 0 Å². The molecule has 0 aliphatic rings. The van der Waals surface area contributed by atoms with Gasteiger partial charge in [0.25, 0.3) is 12.9 Å². The lowest BCUT2D eigenvalue weighted by molar-refractivity contribution is -0.124. The van der Waals surface area contributed by atoms with Gasteiger partial charge in [-0.3, -0.25) is 9.59 Å². The van der Waals surface area contributed by atoms with E-state index in [0.717, 1.165) is 0 Å². The van der Waals surface area contributed by atoms with E-state index in [1.54, 1.807) is 0 Å². The van der Waals surface area contributed by atoms with E-state index < -0.39 is 10.0 Å². The first-order valence-corrected chi connectivity index (χ1v) is 2.67. The van der Waals surface area contributed by atoms with Crippen LogP contribution >= 0.6 is 0 Å². The second-order valence-electron chi connectivity index (χ2n) is 0.644. The highest BCUT2D eigenvalue weighted by Gasteiger charge is 1.79. The van der Waals surface area contributed by atoms with E-state index in [-0.39, 0.29) is 12.9 Å². The van der Waals surface area contributed by atoms with Crippen molar-refractivity contribution in [3.05, 3.63) is 0 Å². The maximum Gasteiger partial charge on any atom is 0.431 e. The van der Waals surface area contributed by atoms with Gasteiger partial charge >= 0.3 is 10.0 Å². The third kappa shape index (κ3) is 5.16. The standard InChI is InChI=1S/C2H4O4Si/c3-1-5-7-6-2-4/h1-2H,7H2. The summed E-state index contributed by atoms with van der Waals surface area (Å²) in [6, 6.07) is 0. The van der Waals surface area contributed by atoms with Crippen LogP contribution in [0.25, 0.3) is 0 Å². The van der Waals surface area contributed by atoms with Crippen LogP contribution in [0, 0.1) is 0 Å². The summed E-state index contributed by atoms with van der Waals surface area (Å²) < 4.78 is 8.16. The summed E-state index contributed by atoms with van der Waals surface area (Å²) in [6.45, 7) is 0.519. The molecule has 0 saturated carbocycles. The topological polar surface area (TPSA) is 52.6 Å². The van der Waals surface area contributed by atoms with Crippen LogP contribution < -0.4 is 0 Å². The molecule has 0 bridgehead atoms. The Bertz CT molecular complexity index is 54.7. The zero-order valence-electron chi connectivity index (χ0n) is 3.49. The highest BCUT2D eigenvalue weighted by Crippen LogP contribution is 1.59. The van der Waals surface area contributed by atoms with Gasteiger partial charge in [0.1, 0.15) is 0 Å². The fourth-order valence-corrected chi connectivity index (χ4v) is 0.285. The molecule has 0 aliphatic heterocycles. The van der Waals surface area contributed by atoms with Gasteiger partial charge in [-0.05, 0) is 0 Å². The normalized spacial score (nSPS) is 6.86. The zero-order valence-corrected chi connectivity index (χ0v) is 4.91. The molecule has 0 N–H and O–H groups in total. The molecule has 4 nitrogen and oxygen atoms in total. The van der Waals surface area contributed by atoms with E-state index in [0.29, 0.717) is 0 Å². The van der Waals surface area contributed by atoms with E-state index in [9.17, 15) is 9.59 Å². The first-order valence-electron chi connectivity index (χ1n) is 1.52. The number of hydrogen-bond acceptors (Lipinski definition) is 4. The Hall–Kier alpha value is -0.843. The summed E-state index contributed by atoms with van der Waals surface area (Å²) in [5, 5.41) is 0. The van der Waals surface area contributed by atoms with Gasteiger partial charge in [-0.1, -0.05) is 0 Å². The fraction of sp³-hybridized carbons (Fsp3) is 0. The lowest BCUT2D eigenvalue weighted by Gasteiger charge is -1.89. The van der Waals surface area contributed by atoms with Crippen molar-refractivity contribution in [1.82, 2.24) is 0 Å². The monoisotopic (exact) mass is 120 g/mol. The number of carbonyl (C=O) groups is 2. The van der Waals surface area contributed by atoms with Crippen LogP contribution in [0.3, 0.4) is 0 Å². The summed E-state index contributed by atoms with van der Waals surface area (Å²) in [6.07, 6.45) is 0. The van der Waals surface area contributed by atoms with E-state index >= 15 is 0 Å². The lowest BCUT2D eigenvalue weighted by Crippen LogP contribution is -2.00. The van der Waals surface area contributed by atoms with Crippen molar-refractivity contribution >= 4 is 23.0 Å². The molecule has 0 radical (unpaired) electrons. The first kappa shape index (κ1) is 6.16. The van der Waals surface area contributed by atoms with Gasteiger partial charge in [0.2, 0.25) is 0 Å². The second-order valence-corrected chi connectivity index (χ2v) is 1.55. The number of hydrogen-bond donors (Lipinski definition) is 0. The Morgan fingerprint density at radius 2 is 1.57 bits per heavy atom. The maximum absolute atomic E-state index is 9.30. The van der Waals surface area contributed by atoms with Crippen molar-refractivity contribution in [3.8, 4) is 0 Å². The molecule has 40 valence electrons. The fourth-order valence-electron chi connectivity index (χ4n) is 0.0948. The van der Waals surface area contributed by atoms with Crippen LogP contribution in [0.15, 0.2) is 0 Å². The number of carbonyl (C=O) groups excluding carboxylic acids is 2. The molecule has 0 spiro atoms. The maximum atomic E-state index is 9.30. The highest BCUT2D eigenvalue weighted by molar-refractivity contribution is 6.22. The summed E-state index contributed by atoms with van der Waals surface area (Å²) in [7, 11) is -1.32. The van der Waals surface area contributed by atoms with E-state index in [4.69, 9.17) is 0 Å². The van der Waals surface area contributed by atoms with E-state index in [2.05, 4.69) is 8.85 Å². The van der Waals surface area contributed by atoms with Crippen molar-refractivity contribution in [1.29, 1.82) is 0 Å². The van der Waals surface area contributed by atoms with Crippen molar-refractivity contribution < 1.29 is 18.4 Å². The van der Waals surface area contributed by atoms with Crippen LogP contribution in [0.1, 0.15) is 0 Å². The van der Waals surface area contributed by atoms with Crippen molar-refractivity contribution in [2.24, 2.45) is 0 Å². The molecule has 0 heterocycles. The molecule has 0 aromatic heterocycles. The summed E-state index contributed by atoms with van der Waals surface area (Å²) >= 11 is 0. The van der Waals surface area contributed by atoms with Gasteiger partial charge < -0.3 is 8.85 Å². The molecular formula is C2H4O4Si. The Kier molecular flexibility index (Phi) is 4.54. The van der Waals surface area contributed by atoms with Crippen molar-refractivity contribution in [3.63, 3.8) is 0 Å². The van der Waals surface area contributed by atoms with Gasteiger partial charge in [-0.2, -0.15) is 0 Å². The van der Waals surface area contributed by atoms with E-state index in [1.807, 2.05) is 0 Å². The second kappa shape index (κ2) is 5.16. The van der Waals surface area contributed by atoms with Gasteiger partial charge in [0.05, 0.1) is 0 Å². The lowest BCUT2D eigenvalue weighted by atomic mass is 11.7. The van der Waals surface area contributed by atoms with Crippen LogP contribution in [0.2, 0.25) is 0 Å². The zero-order chi connectivity index (χ0) is 5.54.